The number of hydrogen-bond acceptors (Lipinski definition) is 2. The second-order valence-electron chi connectivity index (χ2n) is 19.3. The normalized spacial score (nSPS) is 14.3. The van der Waals surface area contributed by atoms with Gasteiger partial charge >= 0.3 is 0 Å². The van der Waals surface area contributed by atoms with Crippen LogP contribution < -0.4 is 4.90 Å². The lowest BCUT2D eigenvalue weighted by atomic mass is 9.67. The van der Waals surface area contributed by atoms with Gasteiger partial charge in [-0.15, -0.1) is 11.3 Å². The summed E-state index contributed by atoms with van der Waals surface area (Å²) >= 11 is 1.89. The molecule has 2 aliphatic carbocycles. The zero-order valence-corrected chi connectivity index (χ0v) is 37.8. The number of nitrogens with zero attached hydrogens (tertiary/aromatic N) is 1. The van der Waals surface area contributed by atoms with Gasteiger partial charge in [0, 0.05) is 37.0 Å². The molecular formula is C62H49NS. The quantitative estimate of drug-likeness (QED) is 0.161. The maximum Gasteiger partial charge on any atom is 0.0713 e. The van der Waals surface area contributed by atoms with E-state index in [1.54, 1.807) is 0 Å². The molecule has 0 aliphatic heterocycles. The minimum absolute atomic E-state index is 0.00661. The van der Waals surface area contributed by atoms with Gasteiger partial charge in [-0.25, -0.2) is 0 Å². The summed E-state index contributed by atoms with van der Waals surface area (Å²) in [7, 11) is 0. The fraction of sp³-hybridized carbons (Fsp3) is 0.129. The summed E-state index contributed by atoms with van der Waals surface area (Å²) in [5.74, 6) is 0. The zero-order valence-electron chi connectivity index (χ0n) is 37.0. The number of hydrogen-bond donors (Lipinski definition) is 0. The van der Waals surface area contributed by atoms with Crippen LogP contribution in [0.5, 0.6) is 0 Å². The van der Waals surface area contributed by atoms with Crippen molar-refractivity contribution in [1.82, 2.24) is 0 Å². The molecule has 64 heavy (non-hydrogen) atoms. The monoisotopic (exact) mass is 839 g/mol. The Bertz CT molecular complexity index is 3390. The second kappa shape index (κ2) is 14.3. The molecule has 0 amide bonds. The third-order valence-electron chi connectivity index (χ3n) is 14.3. The highest BCUT2D eigenvalue weighted by Crippen LogP contribution is 2.58. The van der Waals surface area contributed by atoms with Crippen molar-refractivity contribution in [1.29, 1.82) is 0 Å². The van der Waals surface area contributed by atoms with Crippen molar-refractivity contribution in [2.75, 3.05) is 4.90 Å². The van der Waals surface area contributed by atoms with Crippen LogP contribution in [0.3, 0.4) is 0 Å². The van der Waals surface area contributed by atoms with Gasteiger partial charge in [-0.1, -0.05) is 204 Å². The fourth-order valence-corrected chi connectivity index (χ4v) is 12.6. The summed E-state index contributed by atoms with van der Waals surface area (Å²) in [5.41, 5.74) is 20.0. The van der Waals surface area contributed by atoms with Crippen molar-refractivity contribution in [3.8, 4) is 33.4 Å². The predicted octanol–water partition coefficient (Wildman–Crippen LogP) is 17.2. The third-order valence-corrected chi connectivity index (χ3v) is 15.4. The standard InChI is InChI=1S/C62H49NS/c1-60(2,3)53-27-17-28-54-58(53)50-24-16-29-55(59(50)61(54,4)5)63(45-35-37-49-48-36-30-41(40-18-8-6-9-19-40)38-56(48)64-57(49)39-45)44-33-31-43(32-34-44)62(42-20-10-7-11-21-42)51-25-14-12-22-46(51)47-23-13-15-26-52(47)62/h6-39H,1-5H3. The highest BCUT2D eigenvalue weighted by atomic mass is 32.1. The highest BCUT2D eigenvalue weighted by Gasteiger charge is 2.46. The molecule has 2 heteroatoms. The summed E-state index contributed by atoms with van der Waals surface area (Å²) < 4.78 is 2.59. The van der Waals surface area contributed by atoms with Gasteiger partial charge in [-0.3, -0.25) is 0 Å². The van der Waals surface area contributed by atoms with Crippen molar-refractivity contribution < 1.29 is 0 Å². The fourth-order valence-electron chi connectivity index (χ4n) is 11.4. The summed E-state index contributed by atoms with van der Waals surface area (Å²) in [6, 6.07) is 77.4. The molecule has 0 N–H and O–H groups in total. The molecule has 9 aromatic carbocycles. The first-order valence-corrected chi connectivity index (χ1v) is 23.4. The summed E-state index contributed by atoms with van der Waals surface area (Å²) in [4.78, 5) is 2.54. The van der Waals surface area contributed by atoms with Crippen LogP contribution in [0.2, 0.25) is 0 Å². The van der Waals surface area contributed by atoms with E-state index in [-0.39, 0.29) is 10.8 Å². The predicted molar refractivity (Wildman–Crippen MR) is 273 cm³/mol. The van der Waals surface area contributed by atoms with Crippen LogP contribution >= 0.6 is 11.3 Å². The molecule has 0 radical (unpaired) electrons. The van der Waals surface area contributed by atoms with Crippen molar-refractivity contribution >= 4 is 48.6 Å². The van der Waals surface area contributed by atoms with Gasteiger partial charge < -0.3 is 4.90 Å². The molecule has 10 aromatic rings. The van der Waals surface area contributed by atoms with Gasteiger partial charge in [-0.05, 0) is 114 Å². The first kappa shape index (κ1) is 38.7. The van der Waals surface area contributed by atoms with Crippen LogP contribution in [0.4, 0.5) is 17.1 Å². The second-order valence-corrected chi connectivity index (χ2v) is 20.3. The van der Waals surface area contributed by atoms with Gasteiger partial charge in [0.1, 0.15) is 0 Å². The van der Waals surface area contributed by atoms with Crippen molar-refractivity contribution in [3.05, 3.63) is 245 Å². The van der Waals surface area contributed by atoms with E-state index >= 15 is 0 Å². The Balaban J connectivity index is 1.08. The van der Waals surface area contributed by atoms with Gasteiger partial charge in [0.15, 0.2) is 0 Å². The van der Waals surface area contributed by atoms with Crippen LogP contribution in [0, 0.1) is 0 Å². The third kappa shape index (κ3) is 5.62. The minimum Gasteiger partial charge on any atom is -0.310 e. The lowest BCUT2D eigenvalue weighted by molar-refractivity contribution is 0.589. The number of rotatable bonds is 6. The van der Waals surface area contributed by atoms with E-state index in [1.165, 1.54) is 98.2 Å². The van der Waals surface area contributed by atoms with E-state index in [4.69, 9.17) is 0 Å². The Kier molecular flexibility index (Phi) is 8.61. The SMILES string of the molecule is CC(C)(C)c1cccc2c1-c1cccc(N(c3ccc(C4(c5ccccc5)c5ccccc5-c5ccccc54)cc3)c3ccc4c(c3)sc3cc(-c5ccccc5)ccc34)c1C2(C)C. The van der Waals surface area contributed by atoms with Gasteiger partial charge in [0.2, 0.25) is 0 Å². The molecule has 0 unspecified atom stereocenters. The zero-order chi connectivity index (χ0) is 43.4. The molecule has 1 aromatic heterocycles. The first-order chi connectivity index (χ1) is 31.1. The summed E-state index contributed by atoms with van der Waals surface area (Å²) in [6.07, 6.45) is 0. The molecule has 0 spiro atoms. The Morgan fingerprint density at radius 3 is 1.67 bits per heavy atom. The molecule has 0 fully saturated rings. The van der Waals surface area contributed by atoms with E-state index in [0.717, 1.165) is 11.4 Å². The Hall–Kier alpha value is -7.00. The summed E-state index contributed by atoms with van der Waals surface area (Å²) in [5, 5.41) is 2.60. The number of fused-ring (bicyclic) bond motifs is 9. The molecule has 0 bridgehead atoms. The van der Waals surface area contributed by atoms with Crippen molar-refractivity contribution in [2.24, 2.45) is 0 Å². The lowest BCUT2D eigenvalue weighted by Gasteiger charge is -2.35. The molecule has 1 heterocycles. The maximum absolute atomic E-state index is 2.54. The molecule has 2 aliphatic rings. The van der Waals surface area contributed by atoms with Crippen molar-refractivity contribution in [3.63, 3.8) is 0 Å². The lowest BCUT2D eigenvalue weighted by Crippen LogP contribution is -2.28. The number of anilines is 3. The topological polar surface area (TPSA) is 3.24 Å². The minimum atomic E-state index is -0.465. The van der Waals surface area contributed by atoms with E-state index in [2.05, 4.69) is 246 Å². The molecule has 1 nitrogen and oxygen atoms in total. The largest absolute Gasteiger partial charge is 0.310 e. The molecule has 308 valence electrons. The van der Waals surface area contributed by atoms with Crippen LogP contribution in [0.15, 0.2) is 206 Å². The Morgan fingerprint density at radius 1 is 0.438 bits per heavy atom. The molecule has 0 saturated carbocycles. The average molecular weight is 840 g/mol. The first-order valence-electron chi connectivity index (χ1n) is 22.6. The smallest absolute Gasteiger partial charge is 0.0713 e. The Labute approximate surface area is 381 Å². The van der Waals surface area contributed by atoms with E-state index in [0.29, 0.717) is 0 Å². The molecule has 0 saturated heterocycles. The van der Waals surface area contributed by atoms with Gasteiger partial charge in [-0.2, -0.15) is 0 Å². The van der Waals surface area contributed by atoms with Crippen LogP contribution in [0.1, 0.15) is 73.6 Å². The number of benzene rings is 9. The molecular weight excluding hydrogens is 791 g/mol. The molecule has 12 rings (SSSR count). The average Bonchev–Trinajstić information content (AvgIpc) is 3.93. The van der Waals surface area contributed by atoms with E-state index < -0.39 is 5.41 Å². The van der Waals surface area contributed by atoms with E-state index in [9.17, 15) is 0 Å². The van der Waals surface area contributed by atoms with Crippen molar-refractivity contribution in [2.45, 2.75) is 50.9 Å². The van der Waals surface area contributed by atoms with Gasteiger partial charge in [0.05, 0.1) is 11.1 Å². The van der Waals surface area contributed by atoms with E-state index in [1.807, 2.05) is 11.3 Å². The maximum atomic E-state index is 2.54. The summed E-state index contributed by atoms with van der Waals surface area (Å²) in [6.45, 7) is 11.9. The van der Waals surface area contributed by atoms with Crippen LogP contribution in [0.25, 0.3) is 53.6 Å². The van der Waals surface area contributed by atoms with Crippen LogP contribution in [-0.4, -0.2) is 0 Å². The Morgan fingerprint density at radius 2 is 0.984 bits per heavy atom. The molecule has 0 atom stereocenters. The van der Waals surface area contributed by atoms with Crippen LogP contribution in [-0.2, 0) is 16.2 Å². The van der Waals surface area contributed by atoms with Gasteiger partial charge in [0.25, 0.3) is 0 Å². The highest BCUT2D eigenvalue weighted by molar-refractivity contribution is 7.25. The number of thiophene rings is 1.